The lowest BCUT2D eigenvalue weighted by atomic mass is 10.1. The quantitative estimate of drug-likeness (QED) is 0.620. The van der Waals surface area contributed by atoms with Gasteiger partial charge in [0.05, 0.1) is 24.7 Å². The van der Waals surface area contributed by atoms with Gasteiger partial charge >= 0.3 is 5.97 Å². The van der Waals surface area contributed by atoms with Crippen LogP contribution in [0.5, 0.6) is 0 Å². The molecule has 0 amide bonds. The Hall–Kier alpha value is -0.570. The topological polar surface area (TPSA) is 35.5 Å². The van der Waals surface area contributed by atoms with E-state index in [0.29, 0.717) is 13.2 Å². The molecule has 0 aromatic rings. The van der Waals surface area contributed by atoms with Gasteiger partial charge in [0, 0.05) is 0 Å². The van der Waals surface area contributed by atoms with Gasteiger partial charge in [0.2, 0.25) is 0 Å². The summed E-state index contributed by atoms with van der Waals surface area (Å²) in [7, 11) is 0. The molecule has 0 spiro atoms. The number of hydrogen-bond acceptors (Lipinski definition) is 3. The second-order valence-corrected chi connectivity index (χ2v) is 4.08. The zero-order valence-electron chi connectivity index (χ0n) is 9.92. The maximum atomic E-state index is 11.2. The molecule has 14 heavy (non-hydrogen) atoms. The fourth-order valence-corrected chi connectivity index (χ4v) is 0.805. The van der Waals surface area contributed by atoms with Gasteiger partial charge in [0.1, 0.15) is 0 Å². The van der Waals surface area contributed by atoms with Crippen molar-refractivity contribution < 1.29 is 14.3 Å². The predicted octanol–water partition coefficient (Wildman–Crippen LogP) is 2.39. The number of carbonyl (C=O) groups excluding carboxylic acids is 1. The molecule has 0 N–H and O–H groups in total. The normalized spacial score (nSPS) is 13.8. The van der Waals surface area contributed by atoms with Crippen LogP contribution in [0.4, 0.5) is 0 Å². The van der Waals surface area contributed by atoms with Crippen molar-refractivity contribution in [1.82, 2.24) is 0 Å². The van der Waals surface area contributed by atoms with Gasteiger partial charge in [-0.25, -0.2) is 0 Å². The van der Waals surface area contributed by atoms with Gasteiger partial charge in [0.15, 0.2) is 0 Å². The molecule has 0 aliphatic heterocycles. The van der Waals surface area contributed by atoms with E-state index in [1.807, 2.05) is 27.7 Å². The molecule has 0 aromatic carbocycles. The summed E-state index contributed by atoms with van der Waals surface area (Å²) in [4.78, 5) is 11.2. The van der Waals surface area contributed by atoms with Gasteiger partial charge in [-0.15, -0.1) is 0 Å². The standard InChI is InChI=1S/C11H22O3/c1-6-11(4,5)14-8-9(3)10(12)13-7-2/h9H,6-8H2,1-5H3. The summed E-state index contributed by atoms with van der Waals surface area (Å²) in [5.74, 6) is -0.361. The molecule has 0 aliphatic carbocycles. The van der Waals surface area contributed by atoms with Crippen LogP contribution in [0.2, 0.25) is 0 Å². The van der Waals surface area contributed by atoms with E-state index in [4.69, 9.17) is 9.47 Å². The average Bonchev–Trinajstić information content (AvgIpc) is 2.15. The van der Waals surface area contributed by atoms with E-state index >= 15 is 0 Å². The minimum Gasteiger partial charge on any atom is -0.466 e. The first-order chi connectivity index (χ1) is 6.43. The lowest BCUT2D eigenvalue weighted by Gasteiger charge is -2.25. The fourth-order valence-electron chi connectivity index (χ4n) is 0.805. The largest absolute Gasteiger partial charge is 0.466 e. The third-order valence-electron chi connectivity index (χ3n) is 2.26. The van der Waals surface area contributed by atoms with E-state index in [1.54, 1.807) is 0 Å². The third-order valence-corrected chi connectivity index (χ3v) is 2.26. The van der Waals surface area contributed by atoms with Crippen LogP contribution in [0.1, 0.15) is 41.0 Å². The highest BCUT2D eigenvalue weighted by atomic mass is 16.5. The molecule has 1 unspecified atom stereocenters. The Bertz CT molecular complexity index is 175. The molecule has 0 fully saturated rings. The maximum Gasteiger partial charge on any atom is 0.310 e. The molecular weight excluding hydrogens is 180 g/mol. The van der Waals surface area contributed by atoms with Gasteiger partial charge in [-0.3, -0.25) is 4.79 Å². The molecule has 0 saturated carbocycles. The van der Waals surface area contributed by atoms with Crippen LogP contribution < -0.4 is 0 Å². The average molecular weight is 202 g/mol. The Kier molecular flexibility index (Phi) is 5.77. The van der Waals surface area contributed by atoms with Crippen molar-refractivity contribution in [3.05, 3.63) is 0 Å². The molecule has 0 rings (SSSR count). The van der Waals surface area contributed by atoms with E-state index < -0.39 is 0 Å². The van der Waals surface area contributed by atoms with Crippen molar-refractivity contribution >= 4 is 5.97 Å². The van der Waals surface area contributed by atoms with Crippen molar-refractivity contribution in [3.8, 4) is 0 Å². The fraction of sp³-hybridized carbons (Fsp3) is 0.909. The van der Waals surface area contributed by atoms with Gasteiger partial charge in [-0.2, -0.15) is 0 Å². The summed E-state index contributed by atoms with van der Waals surface area (Å²) >= 11 is 0. The summed E-state index contributed by atoms with van der Waals surface area (Å²) < 4.78 is 10.5. The molecule has 0 radical (unpaired) electrons. The van der Waals surface area contributed by atoms with Gasteiger partial charge in [0.25, 0.3) is 0 Å². The second kappa shape index (κ2) is 6.02. The highest BCUT2D eigenvalue weighted by Crippen LogP contribution is 2.15. The monoisotopic (exact) mass is 202 g/mol. The van der Waals surface area contributed by atoms with Crippen molar-refractivity contribution in [3.63, 3.8) is 0 Å². The van der Waals surface area contributed by atoms with E-state index in [9.17, 15) is 4.79 Å². The number of ether oxygens (including phenoxy) is 2. The highest BCUT2D eigenvalue weighted by Gasteiger charge is 2.20. The van der Waals surface area contributed by atoms with Crippen molar-refractivity contribution in [2.24, 2.45) is 5.92 Å². The Morgan fingerprint density at radius 2 is 1.93 bits per heavy atom. The first kappa shape index (κ1) is 13.4. The minimum absolute atomic E-state index is 0.152. The van der Waals surface area contributed by atoms with E-state index in [2.05, 4.69) is 6.92 Å². The lowest BCUT2D eigenvalue weighted by Crippen LogP contribution is -2.29. The Morgan fingerprint density at radius 1 is 1.36 bits per heavy atom. The molecule has 1 atom stereocenters. The van der Waals surface area contributed by atoms with Gasteiger partial charge in [-0.1, -0.05) is 6.92 Å². The lowest BCUT2D eigenvalue weighted by molar-refractivity contribution is -0.151. The molecule has 0 saturated heterocycles. The van der Waals surface area contributed by atoms with Crippen LogP contribution in [-0.4, -0.2) is 24.8 Å². The van der Waals surface area contributed by atoms with Crippen LogP contribution in [-0.2, 0) is 14.3 Å². The SMILES string of the molecule is CCOC(=O)C(C)COC(C)(C)CC. The maximum absolute atomic E-state index is 11.2. The minimum atomic E-state index is -0.181. The number of hydrogen-bond donors (Lipinski definition) is 0. The van der Waals surface area contributed by atoms with Crippen LogP contribution in [0.3, 0.4) is 0 Å². The molecule has 84 valence electrons. The Labute approximate surface area is 86.8 Å². The number of esters is 1. The Morgan fingerprint density at radius 3 is 2.36 bits per heavy atom. The van der Waals surface area contributed by atoms with Gasteiger partial charge in [-0.05, 0) is 34.1 Å². The van der Waals surface area contributed by atoms with Crippen LogP contribution in [0.25, 0.3) is 0 Å². The summed E-state index contributed by atoms with van der Waals surface area (Å²) in [5, 5.41) is 0. The molecule has 0 aliphatic rings. The van der Waals surface area contributed by atoms with Crippen LogP contribution in [0, 0.1) is 5.92 Å². The molecule has 0 bridgehead atoms. The molecule has 3 heteroatoms. The summed E-state index contributed by atoms with van der Waals surface area (Å²) in [6.07, 6.45) is 0.933. The summed E-state index contributed by atoms with van der Waals surface area (Å²) in [5.41, 5.74) is -0.152. The molecule has 3 nitrogen and oxygen atoms in total. The van der Waals surface area contributed by atoms with Crippen molar-refractivity contribution in [2.45, 2.75) is 46.6 Å². The molecule has 0 heterocycles. The van der Waals surface area contributed by atoms with Crippen LogP contribution >= 0.6 is 0 Å². The van der Waals surface area contributed by atoms with E-state index in [0.717, 1.165) is 6.42 Å². The first-order valence-electron chi connectivity index (χ1n) is 5.23. The van der Waals surface area contributed by atoms with Crippen molar-refractivity contribution in [1.29, 1.82) is 0 Å². The van der Waals surface area contributed by atoms with Crippen LogP contribution in [0.15, 0.2) is 0 Å². The predicted molar refractivity (Wildman–Crippen MR) is 56.1 cm³/mol. The summed E-state index contributed by atoms with van der Waals surface area (Å²) in [6, 6.07) is 0. The number of carbonyl (C=O) groups is 1. The second-order valence-electron chi connectivity index (χ2n) is 4.08. The zero-order valence-corrected chi connectivity index (χ0v) is 9.92. The van der Waals surface area contributed by atoms with Gasteiger partial charge < -0.3 is 9.47 Å². The Balaban J connectivity index is 3.84. The zero-order chi connectivity index (χ0) is 11.2. The smallest absolute Gasteiger partial charge is 0.310 e. The van der Waals surface area contributed by atoms with E-state index in [-0.39, 0.29) is 17.5 Å². The highest BCUT2D eigenvalue weighted by molar-refractivity contribution is 5.72. The van der Waals surface area contributed by atoms with Crippen molar-refractivity contribution in [2.75, 3.05) is 13.2 Å². The number of rotatable bonds is 6. The summed E-state index contributed by atoms with van der Waals surface area (Å²) in [6.45, 7) is 10.6. The molecule has 0 aromatic heterocycles. The third kappa shape index (κ3) is 5.22. The molecular formula is C11H22O3. The first-order valence-corrected chi connectivity index (χ1v) is 5.23. The van der Waals surface area contributed by atoms with E-state index in [1.165, 1.54) is 0 Å².